The van der Waals surface area contributed by atoms with Gasteiger partial charge in [-0.2, -0.15) is 0 Å². The number of halogens is 1. The lowest BCUT2D eigenvalue weighted by Gasteiger charge is -2.42. The van der Waals surface area contributed by atoms with E-state index in [0.29, 0.717) is 40.3 Å². The van der Waals surface area contributed by atoms with E-state index in [2.05, 4.69) is 22.6 Å². The number of allylic oxidation sites excluding steroid dienone is 6. The van der Waals surface area contributed by atoms with Crippen LogP contribution in [0.5, 0.6) is 17.2 Å². The molecule has 1 fully saturated rings. The molecule has 3 aliphatic carbocycles. The lowest BCUT2D eigenvalue weighted by molar-refractivity contribution is -0.123. The van der Waals surface area contributed by atoms with Crippen molar-refractivity contribution >= 4 is 51.7 Å². The minimum Gasteiger partial charge on any atom is -0.507 e. The van der Waals surface area contributed by atoms with Crippen molar-refractivity contribution in [2.75, 3.05) is 19.1 Å². The van der Waals surface area contributed by atoms with Crippen LogP contribution in [0.3, 0.4) is 0 Å². The molecule has 2 aromatic carbocycles. The third-order valence-corrected chi connectivity index (χ3v) is 9.20. The Morgan fingerprint density at radius 2 is 1.70 bits per heavy atom. The van der Waals surface area contributed by atoms with Gasteiger partial charge in [0.1, 0.15) is 17.2 Å². The van der Waals surface area contributed by atoms with E-state index in [0.717, 1.165) is 9.14 Å². The van der Waals surface area contributed by atoms with Gasteiger partial charge in [0.2, 0.25) is 11.8 Å². The monoisotopic (exact) mass is 651 g/mol. The number of ketones is 2. The zero-order chi connectivity index (χ0) is 28.5. The van der Waals surface area contributed by atoms with Crippen LogP contribution in [0.4, 0.5) is 5.69 Å². The third-order valence-electron chi connectivity index (χ3n) is 8.49. The number of Topliss-reactive ketones (excluding diaryl/α,β-unsaturated/α-hetero) is 1. The number of carbonyl (C=O) groups is 4. The molecule has 6 rings (SSSR count). The highest BCUT2D eigenvalue weighted by Crippen LogP contribution is 2.58. The Kier molecular flexibility index (Phi) is 6.44. The lowest BCUT2D eigenvalue weighted by Crippen LogP contribution is -2.40. The number of hydrogen-bond donors (Lipinski definition) is 1. The number of amides is 2. The van der Waals surface area contributed by atoms with Crippen LogP contribution in [0, 0.1) is 21.3 Å². The normalized spacial score (nSPS) is 25.8. The van der Waals surface area contributed by atoms with Crippen LogP contribution < -0.4 is 14.4 Å². The predicted molar refractivity (Wildman–Crippen MR) is 154 cm³/mol. The number of aromatic hydroxyl groups is 1. The number of methoxy groups -OCH3 is 2. The number of phenols is 1. The molecule has 4 aliphatic rings. The van der Waals surface area contributed by atoms with Gasteiger partial charge >= 0.3 is 0 Å². The maximum atomic E-state index is 14.0. The summed E-state index contributed by atoms with van der Waals surface area (Å²) in [7, 11) is 2.92. The van der Waals surface area contributed by atoms with E-state index in [-0.39, 0.29) is 41.1 Å². The van der Waals surface area contributed by atoms with Gasteiger partial charge in [0.05, 0.1) is 31.7 Å². The summed E-state index contributed by atoms with van der Waals surface area (Å²) in [4.78, 5) is 55.8. The Morgan fingerprint density at radius 3 is 2.38 bits per heavy atom. The molecule has 1 saturated heterocycles. The Morgan fingerprint density at radius 1 is 0.975 bits per heavy atom. The van der Waals surface area contributed by atoms with Crippen molar-refractivity contribution in [2.45, 2.75) is 25.7 Å². The summed E-state index contributed by atoms with van der Waals surface area (Å²) in [5, 5.41) is 11.2. The number of hydrogen-bond acceptors (Lipinski definition) is 7. The Bertz CT molecular complexity index is 1600. The van der Waals surface area contributed by atoms with Crippen molar-refractivity contribution in [3.63, 3.8) is 0 Å². The number of rotatable bonds is 4. The van der Waals surface area contributed by atoms with Crippen LogP contribution in [0.15, 0.2) is 70.8 Å². The molecule has 8 nitrogen and oxygen atoms in total. The van der Waals surface area contributed by atoms with Gasteiger partial charge in [-0.3, -0.25) is 24.1 Å². The van der Waals surface area contributed by atoms with E-state index >= 15 is 0 Å². The maximum absolute atomic E-state index is 14.0. The first kappa shape index (κ1) is 26.5. The second kappa shape index (κ2) is 9.72. The molecule has 0 spiro atoms. The molecule has 0 aromatic heterocycles. The Balaban J connectivity index is 1.53. The fraction of sp³-hybridized carbons (Fsp3) is 0.290. The molecule has 0 radical (unpaired) electrons. The average Bonchev–Trinajstić information content (AvgIpc) is 3.20. The molecule has 40 heavy (non-hydrogen) atoms. The van der Waals surface area contributed by atoms with Crippen molar-refractivity contribution in [1.82, 2.24) is 0 Å². The number of imide groups is 1. The molecule has 1 aliphatic heterocycles. The summed E-state index contributed by atoms with van der Waals surface area (Å²) < 4.78 is 11.9. The summed E-state index contributed by atoms with van der Waals surface area (Å²) in [6.07, 6.45) is 3.70. The minimum absolute atomic E-state index is 0.155. The van der Waals surface area contributed by atoms with Gasteiger partial charge in [-0.25, -0.2) is 0 Å². The molecule has 1 heterocycles. The molecule has 0 bridgehead atoms. The molecule has 204 valence electrons. The van der Waals surface area contributed by atoms with Crippen molar-refractivity contribution in [2.24, 2.45) is 17.8 Å². The topological polar surface area (TPSA) is 110 Å². The van der Waals surface area contributed by atoms with E-state index in [9.17, 15) is 24.3 Å². The molecule has 4 atom stereocenters. The van der Waals surface area contributed by atoms with Gasteiger partial charge in [-0.15, -0.1) is 0 Å². The fourth-order valence-electron chi connectivity index (χ4n) is 6.72. The Labute approximate surface area is 244 Å². The van der Waals surface area contributed by atoms with Crippen LogP contribution in [0.25, 0.3) is 0 Å². The number of ether oxygens (including phenoxy) is 2. The van der Waals surface area contributed by atoms with E-state index in [1.165, 1.54) is 31.3 Å². The first-order valence-electron chi connectivity index (χ1n) is 12.9. The maximum Gasteiger partial charge on any atom is 0.238 e. The molecule has 2 amide bonds. The van der Waals surface area contributed by atoms with Crippen LogP contribution in [-0.2, 0) is 19.2 Å². The largest absolute Gasteiger partial charge is 0.507 e. The molecule has 0 unspecified atom stereocenters. The number of fused-ring (bicyclic) bond motifs is 3. The van der Waals surface area contributed by atoms with Crippen LogP contribution in [-0.4, -0.2) is 42.7 Å². The predicted octanol–water partition coefficient (Wildman–Crippen LogP) is 4.65. The van der Waals surface area contributed by atoms with E-state index in [1.54, 1.807) is 25.1 Å². The zero-order valence-corrected chi connectivity index (χ0v) is 24.2. The first-order chi connectivity index (χ1) is 19.2. The molecular weight excluding hydrogens is 625 g/mol. The summed E-state index contributed by atoms with van der Waals surface area (Å²) in [5.41, 5.74) is 2.49. The minimum atomic E-state index is -0.827. The van der Waals surface area contributed by atoms with Gasteiger partial charge in [-0.1, -0.05) is 11.6 Å². The molecule has 2 aromatic rings. The second-order valence-corrected chi connectivity index (χ2v) is 11.7. The summed E-state index contributed by atoms with van der Waals surface area (Å²) in [5.74, 6) is -3.29. The number of carbonyl (C=O) groups excluding carboxylic acids is 4. The number of nitrogens with zero attached hydrogens (tertiary/aromatic N) is 1. The SMILES string of the molecule is COc1cc(O)c([C@H]2C3=CC[C@@H]4C(=O)N(c5ccc(I)cc5)C(=O)[C@@H]4[C@@H]3CC3=C2C(=O)C=C(C)C3=O)c(OC)c1. The lowest BCUT2D eigenvalue weighted by atomic mass is 9.59. The van der Waals surface area contributed by atoms with Gasteiger partial charge in [-0.05, 0) is 78.6 Å². The van der Waals surface area contributed by atoms with Crippen molar-refractivity contribution in [1.29, 1.82) is 0 Å². The van der Waals surface area contributed by atoms with Crippen LogP contribution in [0.1, 0.15) is 31.2 Å². The smallest absolute Gasteiger partial charge is 0.238 e. The van der Waals surface area contributed by atoms with Crippen molar-refractivity contribution in [3.05, 3.63) is 80.0 Å². The van der Waals surface area contributed by atoms with Gasteiger partial charge < -0.3 is 14.6 Å². The standard InChI is InChI=1S/C31H26INO7/c1-14-10-22(34)26-21(29(14)36)13-20-18(27(26)28-23(35)11-17(39-2)12-24(28)40-3)8-9-19-25(20)31(38)33(30(19)37)16-6-4-15(32)5-7-16/h4-8,10-12,19-20,25,27,35H,9,13H2,1-3H3/t19-,20+,25-,27-/m0/s1. The summed E-state index contributed by atoms with van der Waals surface area (Å²) >= 11 is 2.17. The first-order valence-corrected chi connectivity index (χ1v) is 14.0. The molecule has 0 saturated carbocycles. The fourth-order valence-corrected chi connectivity index (χ4v) is 7.08. The second-order valence-electron chi connectivity index (χ2n) is 10.5. The summed E-state index contributed by atoms with van der Waals surface area (Å²) in [6, 6.07) is 10.2. The van der Waals surface area contributed by atoms with Crippen LogP contribution >= 0.6 is 22.6 Å². The molecule has 9 heteroatoms. The van der Waals surface area contributed by atoms with Crippen LogP contribution in [0.2, 0.25) is 0 Å². The van der Waals surface area contributed by atoms with Gasteiger partial charge in [0.15, 0.2) is 11.6 Å². The summed E-state index contributed by atoms with van der Waals surface area (Å²) in [6.45, 7) is 1.60. The quantitative estimate of drug-likeness (QED) is 0.222. The number of benzene rings is 2. The average molecular weight is 651 g/mol. The molecule has 1 N–H and O–H groups in total. The highest BCUT2D eigenvalue weighted by atomic mass is 127. The van der Waals surface area contributed by atoms with Gasteiger partial charge in [0.25, 0.3) is 0 Å². The Hall–Kier alpha value is -3.73. The highest BCUT2D eigenvalue weighted by Gasteiger charge is 2.57. The number of anilines is 1. The van der Waals surface area contributed by atoms with Gasteiger partial charge in [0, 0.05) is 43.9 Å². The van der Waals surface area contributed by atoms with E-state index in [4.69, 9.17) is 9.47 Å². The third kappa shape index (κ3) is 3.85. The zero-order valence-electron chi connectivity index (χ0n) is 22.1. The highest BCUT2D eigenvalue weighted by molar-refractivity contribution is 14.1. The molecular formula is C31H26INO7. The van der Waals surface area contributed by atoms with E-state index < -0.39 is 23.7 Å². The number of phenolic OH excluding ortho intramolecular Hbond substituents is 1. The van der Waals surface area contributed by atoms with E-state index in [1.807, 2.05) is 18.2 Å². The van der Waals surface area contributed by atoms with Crippen molar-refractivity contribution in [3.8, 4) is 17.2 Å². The van der Waals surface area contributed by atoms with Crippen molar-refractivity contribution < 1.29 is 33.8 Å².